The molecule has 2 aromatic rings. The topological polar surface area (TPSA) is 110 Å². The summed E-state index contributed by atoms with van der Waals surface area (Å²) in [5, 5.41) is 21.3. The minimum Gasteiger partial charge on any atom is -0.440 e. The lowest BCUT2D eigenvalue weighted by Crippen LogP contribution is -2.33. The quantitative estimate of drug-likeness (QED) is 0.901. The number of hydrogen-bond acceptors (Lipinski definition) is 6. The second-order valence-corrected chi connectivity index (χ2v) is 6.35. The van der Waals surface area contributed by atoms with Gasteiger partial charge in [0.05, 0.1) is 12.1 Å². The Morgan fingerprint density at radius 2 is 2.12 bits per heavy atom. The summed E-state index contributed by atoms with van der Waals surface area (Å²) in [6.45, 7) is 2.51. The van der Waals surface area contributed by atoms with Gasteiger partial charge < -0.3 is 14.6 Å². The Bertz CT molecular complexity index is 913. The van der Waals surface area contributed by atoms with Gasteiger partial charge in [-0.2, -0.15) is 10.5 Å². The first kappa shape index (κ1) is 15.8. The first-order valence-corrected chi connectivity index (χ1v) is 7.96. The number of thiophene rings is 1. The molecule has 0 saturated carbocycles. The number of furan rings is 1. The fourth-order valence-electron chi connectivity index (χ4n) is 2.56. The van der Waals surface area contributed by atoms with E-state index >= 15 is 0 Å². The van der Waals surface area contributed by atoms with E-state index in [0.717, 1.165) is 10.4 Å². The van der Waals surface area contributed by atoms with E-state index in [0.29, 0.717) is 30.1 Å². The summed E-state index contributed by atoms with van der Waals surface area (Å²) < 4.78 is 5.09. The average molecular weight is 340 g/mol. The molecule has 1 aliphatic rings. The molecule has 8 heteroatoms. The van der Waals surface area contributed by atoms with Crippen molar-refractivity contribution in [3.63, 3.8) is 0 Å². The van der Waals surface area contributed by atoms with Crippen LogP contribution in [0.4, 0.5) is 5.00 Å². The molecule has 1 N–H and O–H groups in total. The predicted molar refractivity (Wildman–Crippen MR) is 85.2 cm³/mol. The molecule has 0 aromatic carbocycles. The van der Waals surface area contributed by atoms with Crippen molar-refractivity contribution in [2.45, 2.75) is 19.9 Å². The maximum absolute atomic E-state index is 12.2. The molecule has 2 amide bonds. The molecule has 0 fully saturated rings. The van der Waals surface area contributed by atoms with Crippen LogP contribution in [0.5, 0.6) is 0 Å². The van der Waals surface area contributed by atoms with E-state index in [9.17, 15) is 14.9 Å². The number of amides is 2. The largest absolute Gasteiger partial charge is 0.440 e. The zero-order valence-corrected chi connectivity index (χ0v) is 13.6. The van der Waals surface area contributed by atoms with Crippen molar-refractivity contribution in [2.75, 3.05) is 11.9 Å². The van der Waals surface area contributed by atoms with Crippen LogP contribution in [0.25, 0.3) is 0 Å². The van der Waals surface area contributed by atoms with E-state index in [-0.39, 0.29) is 17.4 Å². The third-order valence-corrected chi connectivity index (χ3v) is 4.91. The van der Waals surface area contributed by atoms with Crippen LogP contribution >= 0.6 is 11.3 Å². The standard InChI is InChI=1S/C16H12N4O3S/c1-9(21)20-5-4-11-12(7-18)16(24-14(11)8-20)19-15(22)13-3-2-10(6-17)23-13/h2-3H,4-5,8H2,1H3,(H,19,22). The van der Waals surface area contributed by atoms with Crippen molar-refractivity contribution in [2.24, 2.45) is 0 Å². The summed E-state index contributed by atoms with van der Waals surface area (Å²) in [6, 6.07) is 6.75. The molecule has 3 heterocycles. The van der Waals surface area contributed by atoms with Gasteiger partial charge in [0, 0.05) is 18.3 Å². The Hall–Kier alpha value is -3.10. The number of carbonyl (C=O) groups is 2. The average Bonchev–Trinajstić information content (AvgIpc) is 3.17. The number of nitrogens with one attached hydrogen (secondary N) is 1. The molecule has 0 radical (unpaired) electrons. The van der Waals surface area contributed by atoms with Gasteiger partial charge in [0.25, 0.3) is 5.91 Å². The van der Waals surface area contributed by atoms with Crippen molar-refractivity contribution in [3.05, 3.63) is 39.7 Å². The first-order chi connectivity index (χ1) is 11.5. The smallest absolute Gasteiger partial charge is 0.292 e. The van der Waals surface area contributed by atoms with Gasteiger partial charge in [-0.15, -0.1) is 11.3 Å². The predicted octanol–water partition coefficient (Wildman–Crippen LogP) is 2.24. The van der Waals surface area contributed by atoms with Crippen molar-refractivity contribution < 1.29 is 14.0 Å². The first-order valence-electron chi connectivity index (χ1n) is 7.15. The lowest BCUT2D eigenvalue weighted by atomic mass is 10.0. The van der Waals surface area contributed by atoms with Gasteiger partial charge in [-0.25, -0.2) is 0 Å². The van der Waals surface area contributed by atoms with Crippen LogP contribution in [-0.2, 0) is 17.8 Å². The van der Waals surface area contributed by atoms with Crippen LogP contribution in [0.2, 0.25) is 0 Å². The highest BCUT2D eigenvalue weighted by Gasteiger charge is 2.26. The van der Waals surface area contributed by atoms with E-state index < -0.39 is 5.91 Å². The molecule has 0 unspecified atom stereocenters. The Balaban J connectivity index is 1.87. The van der Waals surface area contributed by atoms with Crippen LogP contribution in [-0.4, -0.2) is 23.3 Å². The van der Waals surface area contributed by atoms with E-state index in [2.05, 4.69) is 11.4 Å². The zero-order valence-electron chi connectivity index (χ0n) is 12.8. The summed E-state index contributed by atoms with van der Waals surface area (Å²) in [5.74, 6) is -0.483. The molecular weight excluding hydrogens is 328 g/mol. The summed E-state index contributed by atoms with van der Waals surface area (Å²) in [7, 11) is 0. The van der Waals surface area contributed by atoms with Crippen molar-refractivity contribution in [3.8, 4) is 12.1 Å². The minimum atomic E-state index is -0.518. The molecule has 2 aromatic heterocycles. The molecule has 0 spiro atoms. The van der Waals surface area contributed by atoms with E-state index in [1.54, 1.807) is 4.90 Å². The lowest BCUT2D eigenvalue weighted by Gasteiger charge is -2.25. The Morgan fingerprint density at radius 1 is 1.33 bits per heavy atom. The van der Waals surface area contributed by atoms with Crippen LogP contribution < -0.4 is 5.32 Å². The van der Waals surface area contributed by atoms with Gasteiger partial charge in [0.2, 0.25) is 11.7 Å². The highest BCUT2D eigenvalue weighted by Crippen LogP contribution is 2.36. The molecule has 0 bridgehead atoms. The van der Waals surface area contributed by atoms with Crippen LogP contribution in [0.1, 0.15) is 39.2 Å². The number of rotatable bonds is 2. The van der Waals surface area contributed by atoms with E-state index in [1.165, 1.54) is 30.4 Å². The normalized spacial score (nSPS) is 12.9. The van der Waals surface area contributed by atoms with Crippen LogP contribution in [0.3, 0.4) is 0 Å². The summed E-state index contributed by atoms with van der Waals surface area (Å²) in [4.78, 5) is 26.3. The summed E-state index contributed by atoms with van der Waals surface area (Å²) in [6.07, 6.45) is 0.587. The van der Waals surface area contributed by atoms with Gasteiger partial charge in [-0.1, -0.05) is 0 Å². The Morgan fingerprint density at radius 3 is 2.75 bits per heavy atom. The second kappa shape index (κ2) is 6.19. The molecule has 0 saturated heterocycles. The third kappa shape index (κ3) is 2.75. The molecule has 120 valence electrons. The zero-order chi connectivity index (χ0) is 17.3. The molecule has 0 atom stereocenters. The van der Waals surface area contributed by atoms with Crippen molar-refractivity contribution in [1.82, 2.24) is 4.90 Å². The van der Waals surface area contributed by atoms with E-state index in [1.807, 2.05) is 6.07 Å². The van der Waals surface area contributed by atoms with Gasteiger partial charge >= 0.3 is 0 Å². The van der Waals surface area contributed by atoms with Crippen molar-refractivity contribution in [1.29, 1.82) is 10.5 Å². The maximum Gasteiger partial charge on any atom is 0.292 e. The van der Waals surface area contributed by atoms with E-state index in [4.69, 9.17) is 9.68 Å². The van der Waals surface area contributed by atoms with Gasteiger partial charge in [0.15, 0.2) is 5.76 Å². The maximum atomic E-state index is 12.2. The van der Waals surface area contributed by atoms with Crippen molar-refractivity contribution >= 4 is 28.2 Å². The number of hydrogen-bond donors (Lipinski definition) is 1. The number of nitrogens with zero attached hydrogens (tertiary/aromatic N) is 3. The summed E-state index contributed by atoms with van der Waals surface area (Å²) in [5.41, 5.74) is 1.31. The van der Waals surface area contributed by atoms with Crippen LogP contribution in [0, 0.1) is 22.7 Å². The summed E-state index contributed by atoms with van der Waals surface area (Å²) >= 11 is 1.29. The molecule has 24 heavy (non-hydrogen) atoms. The molecule has 7 nitrogen and oxygen atoms in total. The second-order valence-electron chi connectivity index (χ2n) is 5.24. The monoisotopic (exact) mass is 340 g/mol. The number of anilines is 1. The SMILES string of the molecule is CC(=O)N1CCc2c(sc(NC(=O)c3ccc(C#N)o3)c2C#N)C1. The van der Waals surface area contributed by atoms with Gasteiger partial charge in [-0.05, 0) is 24.1 Å². The van der Waals surface area contributed by atoms with Crippen LogP contribution in [0.15, 0.2) is 16.5 Å². The van der Waals surface area contributed by atoms with Gasteiger partial charge in [-0.3, -0.25) is 9.59 Å². The number of nitriles is 2. The number of carbonyl (C=O) groups excluding carboxylic acids is 2. The van der Waals surface area contributed by atoms with Gasteiger partial charge in [0.1, 0.15) is 17.1 Å². The molecule has 0 aliphatic carbocycles. The number of fused-ring (bicyclic) bond motifs is 1. The Kier molecular flexibility index (Phi) is 4.07. The molecule has 3 rings (SSSR count). The Labute approximate surface area is 141 Å². The lowest BCUT2D eigenvalue weighted by molar-refractivity contribution is -0.129. The molecular formula is C16H12N4O3S. The minimum absolute atomic E-state index is 0.00664. The fourth-order valence-corrected chi connectivity index (χ4v) is 3.77. The third-order valence-electron chi connectivity index (χ3n) is 3.78. The fraction of sp³-hybridized carbons (Fsp3) is 0.250. The highest BCUT2D eigenvalue weighted by atomic mass is 32.1. The highest BCUT2D eigenvalue weighted by molar-refractivity contribution is 7.16. The molecule has 1 aliphatic heterocycles.